The van der Waals surface area contributed by atoms with Crippen molar-refractivity contribution in [2.24, 2.45) is 0 Å². The van der Waals surface area contributed by atoms with Crippen LogP contribution in [0.4, 0.5) is 13.2 Å². The third kappa shape index (κ3) is 2.49. The van der Waals surface area contributed by atoms with Gasteiger partial charge in [0, 0.05) is 17.3 Å². The van der Waals surface area contributed by atoms with Crippen LogP contribution in [0.1, 0.15) is 11.3 Å². The number of methoxy groups -OCH3 is 1. The standard InChI is InChI=1S/C15H12F3N3O/c1-9-13-4-3-12(22-2)5-10(13)6-14(20-9)21-8-11(7-19-21)15(16,17)18/h3-8H,1-2H3. The minimum Gasteiger partial charge on any atom is -0.497 e. The first-order valence-corrected chi connectivity index (χ1v) is 6.46. The number of ether oxygens (including phenoxy) is 1. The van der Waals surface area contributed by atoms with Gasteiger partial charge in [-0.3, -0.25) is 0 Å². The van der Waals surface area contributed by atoms with Crippen molar-refractivity contribution in [3.8, 4) is 11.6 Å². The molecule has 0 unspecified atom stereocenters. The number of alkyl halides is 3. The molecule has 0 aliphatic heterocycles. The summed E-state index contributed by atoms with van der Waals surface area (Å²) >= 11 is 0. The highest BCUT2D eigenvalue weighted by molar-refractivity contribution is 5.87. The summed E-state index contributed by atoms with van der Waals surface area (Å²) in [7, 11) is 1.55. The molecule has 1 aromatic carbocycles. The highest BCUT2D eigenvalue weighted by Crippen LogP contribution is 2.30. The fourth-order valence-electron chi connectivity index (χ4n) is 2.23. The highest BCUT2D eigenvalue weighted by Gasteiger charge is 2.32. The molecule has 0 saturated carbocycles. The molecule has 4 nitrogen and oxygen atoms in total. The Morgan fingerprint density at radius 3 is 2.59 bits per heavy atom. The van der Waals surface area contributed by atoms with Crippen LogP contribution in [0.3, 0.4) is 0 Å². The molecule has 0 aliphatic carbocycles. The van der Waals surface area contributed by atoms with Gasteiger partial charge in [0.25, 0.3) is 0 Å². The molecule has 7 heteroatoms. The van der Waals surface area contributed by atoms with E-state index in [4.69, 9.17) is 4.74 Å². The molecule has 114 valence electrons. The number of pyridine rings is 1. The predicted octanol–water partition coefficient (Wildman–Crippen LogP) is 3.76. The molecule has 0 fully saturated rings. The lowest BCUT2D eigenvalue weighted by Gasteiger charge is -2.08. The number of rotatable bonds is 2. The molecule has 0 saturated heterocycles. The van der Waals surface area contributed by atoms with Crippen molar-refractivity contribution in [1.82, 2.24) is 14.8 Å². The smallest absolute Gasteiger partial charge is 0.419 e. The molecule has 0 bridgehead atoms. The molecular weight excluding hydrogens is 295 g/mol. The fraction of sp³-hybridized carbons (Fsp3) is 0.200. The van der Waals surface area contributed by atoms with Crippen LogP contribution in [0.2, 0.25) is 0 Å². The van der Waals surface area contributed by atoms with Gasteiger partial charge in [0.2, 0.25) is 0 Å². The second-order valence-electron chi connectivity index (χ2n) is 4.82. The third-order valence-electron chi connectivity index (χ3n) is 3.36. The second kappa shape index (κ2) is 5.01. The second-order valence-corrected chi connectivity index (χ2v) is 4.82. The number of fused-ring (bicyclic) bond motifs is 1. The largest absolute Gasteiger partial charge is 0.497 e. The molecule has 2 heterocycles. The van der Waals surface area contributed by atoms with Crippen LogP contribution in [-0.2, 0) is 6.18 Å². The van der Waals surface area contributed by atoms with Crippen LogP contribution in [0.15, 0.2) is 36.7 Å². The van der Waals surface area contributed by atoms with Gasteiger partial charge in [0.1, 0.15) is 5.75 Å². The van der Waals surface area contributed by atoms with Crippen LogP contribution < -0.4 is 4.74 Å². The van der Waals surface area contributed by atoms with E-state index in [1.807, 2.05) is 18.2 Å². The van der Waals surface area contributed by atoms with Crippen molar-refractivity contribution >= 4 is 10.8 Å². The molecule has 0 N–H and O–H groups in total. The van der Waals surface area contributed by atoms with E-state index < -0.39 is 11.7 Å². The number of halogens is 3. The molecule has 3 aromatic rings. The van der Waals surface area contributed by atoms with Crippen LogP contribution in [0.5, 0.6) is 5.75 Å². The predicted molar refractivity (Wildman–Crippen MR) is 75.2 cm³/mol. The fourth-order valence-corrected chi connectivity index (χ4v) is 2.23. The SMILES string of the molecule is COc1ccc2c(C)nc(-n3cc(C(F)(F)F)cn3)cc2c1. The minimum atomic E-state index is -4.42. The normalized spacial score (nSPS) is 11.9. The number of aromatic nitrogens is 3. The van der Waals surface area contributed by atoms with Crippen molar-refractivity contribution in [2.75, 3.05) is 7.11 Å². The van der Waals surface area contributed by atoms with Crippen LogP contribution >= 0.6 is 0 Å². The lowest BCUT2D eigenvalue weighted by atomic mass is 10.1. The Kier molecular flexibility index (Phi) is 3.27. The average molecular weight is 307 g/mol. The first-order valence-electron chi connectivity index (χ1n) is 6.46. The number of hydrogen-bond acceptors (Lipinski definition) is 3. The molecule has 22 heavy (non-hydrogen) atoms. The summed E-state index contributed by atoms with van der Waals surface area (Å²) in [6, 6.07) is 7.16. The molecule has 2 aromatic heterocycles. The Labute approximate surface area is 124 Å². The molecule has 0 amide bonds. The van der Waals surface area contributed by atoms with E-state index in [0.717, 1.165) is 27.8 Å². The van der Waals surface area contributed by atoms with Gasteiger partial charge in [0.05, 0.1) is 18.9 Å². The number of hydrogen-bond donors (Lipinski definition) is 0. The van der Waals surface area contributed by atoms with Crippen molar-refractivity contribution < 1.29 is 17.9 Å². The Balaban J connectivity index is 2.13. The van der Waals surface area contributed by atoms with Crippen molar-refractivity contribution in [3.63, 3.8) is 0 Å². The minimum absolute atomic E-state index is 0.328. The van der Waals surface area contributed by atoms with Gasteiger partial charge < -0.3 is 4.74 Å². The van der Waals surface area contributed by atoms with Gasteiger partial charge in [-0.1, -0.05) is 0 Å². The third-order valence-corrected chi connectivity index (χ3v) is 3.36. The summed E-state index contributed by atoms with van der Waals surface area (Å²) in [4.78, 5) is 4.31. The van der Waals surface area contributed by atoms with Gasteiger partial charge in [0.15, 0.2) is 5.82 Å². The van der Waals surface area contributed by atoms with E-state index in [2.05, 4.69) is 10.1 Å². The summed E-state index contributed by atoms with van der Waals surface area (Å²) in [6.45, 7) is 1.80. The van der Waals surface area contributed by atoms with E-state index in [9.17, 15) is 13.2 Å². The zero-order valence-corrected chi connectivity index (χ0v) is 11.8. The van der Waals surface area contributed by atoms with Crippen molar-refractivity contribution in [1.29, 1.82) is 0 Å². The Hall–Kier alpha value is -2.57. The van der Waals surface area contributed by atoms with Gasteiger partial charge in [-0.25, -0.2) is 9.67 Å². The van der Waals surface area contributed by atoms with E-state index in [-0.39, 0.29) is 0 Å². The zero-order valence-electron chi connectivity index (χ0n) is 11.8. The quantitative estimate of drug-likeness (QED) is 0.724. The molecule has 0 aliphatic rings. The van der Waals surface area contributed by atoms with Crippen LogP contribution in [-0.4, -0.2) is 21.9 Å². The van der Waals surface area contributed by atoms with E-state index in [1.165, 1.54) is 0 Å². The Morgan fingerprint density at radius 1 is 1.18 bits per heavy atom. The lowest BCUT2D eigenvalue weighted by Crippen LogP contribution is -2.03. The molecule has 0 atom stereocenters. The Bertz CT molecular complexity index is 840. The monoisotopic (exact) mass is 307 g/mol. The van der Waals surface area contributed by atoms with E-state index in [1.54, 1.807) is 20.1 Å². The molecular formula is C15H12F3N3O. The molecule has 3 rings (SSSR count). The maximum atomic E-state index is 12.7. The van der Waals surface area contributed by atoms with Gasteiger partial charge in [-0.15, -0.1) is 0 Å². The highest BCUT2D eigenvalue weighted by atomic mass is 19.4. The maximum absolute atomic E-state index is 12.7. The van der Waals surface area contributed by atoms with Gasteiger partial charge in [-0.05, 0) is 36.6 Å². The van der Waals surface area contributed by atoms with Crippen molar-refractivity contribution in [3.05, 3.63) is 47.9 Å². The van der Waals surface area contributed by atoms with Crippen molar-refractivity contribution in [2.45, 2.75) is 13.1 Å². The summed E-state index contributed by atoms with van der Waals surface area (Å²) in [6.07, 6.45) is -2.71. The zero-order chi connectivity index (χ0) is 15.9. The maximum Gasteiger partial charge on any atom is 0.419 e. The summed E-state index contributed by atoms with van der Waals surface area (Å²) in [5, 5.41) is 5.48. The first-order chi connectivity index (χ1) is 10.4. The van der Waals surface area contributed by atoms with Gasteiger partial charge in [-0.2, -0.15) is 18.3 Å². The van der Waals surface area contributed by atoms with Crippen LogP contribution in [0.25, 0.3) is 16.6 Å². The first kappa shape index (κ1) is 14.4. The van der Waals surface area contributed by atoms with Gasteiger partial charge >= 0.3 is 6.18 Å². The number of nitrogens with zero attached hydrogens (tertiary/aromatic N) is 3. The summed E-state index contributed by atoms with van der Waals surface area (Å²) in [5.74, 6) is 0.995. The van der Waals surface area contributed by atoms with E-state index >= 15 is 0 Å². The molecule has 0 radical (unpaired) electrons. The topological polar surface area (TPSA) is 39.9 Å². The summed E-state index contributed by atoms with van der Waals surface area (Å²) < 4.78 is 44.3. The Morgan fingerprint density at radius 2 is 1.95 bits per heavy atom. The molecule has 0 spiro atoms. The lowest BCUT2D eigenvalue weighted by molar-refractivity contribution is -0.137. The number of aryl methyl sites for hydroxylation is 1. The summed E-state index contributed by atoms with van der Waals surface area (Å²) in [5.41, 5.74) is -0.100. The average Bonchev–Trinajstić information content (AvgIpc) is 2.96. The van der Waals surface area contributed by atoms with E-state index in [0.29, 0.717) is 17.3 Å². The number of benzene rings is 1. The van der Waals surface area contributed by atoms with Crippen LogP contribution in [0, 0.1) is 6.92 Å².